The van der Waals surface area contributed by atoms with E-state index in [-0.39, 0.29) is 5.69 Å². The van der Waals surface area contributed by atoms with Crippen molar-refractivity contribution < 1.29 is 18.3 Å². The van der Waals surface area contributed by atoms with E-state index in [0.29, 0.717) is 19.0 Å². The zero-order chi connectivity index (χ0) is 18.1. The number of nitrogens with one attached hydrogen (secondary N) is 1. The van der Waals surface area contributed by atoms with Gasteiger partial charge in [-0.2, -0.15) is 5.10 Å². The molecule has 0 unspecified atom stereocenters. The third-order valence-electron chi connectivity index (χ3n) is 3.24. The van der Waals surface area contributed by atoms with Gasteiger partial charge in [-0.05, 0) is 37.1 Å². The molecular weight excluding hydrogens is 326 g/mol. The molecule has 0 aliphatic carbocycles. The lowest BCUT2D eigenvalue weighted by Crippen LogP contribution is -2.02. The fourth-order valence-electron chi connectivity index (χ4n) is 2.02. The van der Waals surface area contributed by atoms with Crippen LogP contribution in [0.25, 0.3) is 0 Å². The quantitative estimate of drug-likeness (QED) is 0.513. The van der Waals surface area contributed by atoms with Crippen LogP contribution in [0.4, 0.5) is 14.5 Å². The number of hydrogen-bond acceptors (Lipinski definition) is 4. The molecule has 0 fully saturated rings. The summed E-state index contributed by atoms with van der Waals surface area (Å²) in [4.78, 5) is 0. The summed E-state index contributed by atoms with van der Waals surface area (Å²) < 4.78 is 37.8. The monoisotopic (exact) mass is 348 g/mol. The van der Waals surface area contributed by atoms with E-state index in [9.17, 15) is 8.78 Å². The van der Waals surface area contributed by atoms with Crippen molar-refractivity contribution in [3.8, 4) is 11.5 Å². The third kappa shape index (κ3) is 5.74. The number of nitrogens with zero attached hydrogens (tertiary/aromatic N) is 1. The van der Waals surface area contributed by atoms with Gasteiger partial charge in [0.1, 0.15) is 17.3 Å². The average Bonchev–Trinajstić information content (AvgIpc) is 2.61. The van der Waals surface area contributed by atoms with Gasteiger partial charge in [0.15, 0.2) is 5.82 Å². The van der Waals surface area contributed by atoms with Crippen LogP contribution in [0, 0.1) is 11.6 Å². The van der Waals surface area contributed by atoms with Gasteiger partial charge in [0, 0.05) is 17.7 Å². The van der Waals surface area contributed by atoms with Crippen LogP contribution in [0.1, 0.15) is 32.3 Å². The molecule has 0 aliphatic heterocycles. The molecule has 0 spiro atoms. The van der Waals surface area contributed by atoms with E-state index < -0.39 is 11.6 Å². The van der Waals surface area contributed by atoms with Crippen molar-refractivity contribution in [1.29, 1.82) is 0 Å². The van der Waals surface area contributed by atoms with Crippen LogP contribution < -0.4 is 14.9 Å². The Morgan fingerprint density at radius 2 is 1.76 bits per heavy atom. The van der Waals surface area contributed by atoms with Crippen LogP contribution >= 0.6 is 0 Å². The van der Waals surface area contributed by atoms with Gasteiger partial charge in [-0.1, -0.05) is 13.8 Å². The van der Waals surface area contributed by atoms with Gasteiger partial charge in [0.2, 0.25) is 0 Å². The highest BCUT2D eigenvalue weighted by Crippen LogP contribution is 2.24. The van der Waals surface area contributed by atoms with E-state index in [0.717, 1.165) is 36.3 Å². The maximum atomic E-state index is 13.6. The summed E-state index contributed by atoms with van der Waals surface area (Å²) in [6, 6.07) is 8.71. The molecule has 134 valence electrons. The van der Waals surface area contributed by atoms with Crippen LogP contribution in [0.2, 0.25) is 0 Å². The number of hydrogen-bond donors (Lipinski definition) is 1. The maximum absolute atomic E-state index is 13.6. The Labute approximate surface area is 146 Å². The highest BCUT2D eigenvalue weighted by Gasteiger charge is 2.06. The molecule has 0 atom stereocenters. The van der Waals surface area contributed by atoms with Crippen LogP contribution in [0.15, 0.2) is 41.5 Å². The Hall–Kier alpha value is -2.63. The summed E-state index contributed by atoms with van der Waals surface area (Å²) in [5.41, 5.74) is 3.38. The summed E-state index contributed by atoms with van der Waals surface area (Å²) >= 11 is 0. The van der Waals surface area contributed by atoms with Crippen LogP contribution in [0.5, 0.6) is 11.5 Å². The number of rotatable bonds is 9. The van der Waals surface area contributed by atoms with Crippen LogP contribution in [-0.4, -0.2) is 19.4 Å². The van der Waals surface area contributed by atoms with E-state index in [2.05, 4.69) is 10.5 Å². The third-order valence-corrected chi connectivity index (χ3v) is 3.24. The molecule has 2 aromatic rings. The van der Waals surface area contributed by atoms with Crippen molar-refractivity contribution in [1.82, 2.24) is 0 Å². The van der Waals surface area contributed by atoms with E-state index in [4.69, 9.17) is 9.47 Å². The van der Waals surface area contributed by atoms with E-state index >= 15 is 0 Å². The zero-order valence-electron chi connectivity index (χ0n) is 14.4. The van der Waals surface area contributed by atoms with Crippen molar-refractivity contribution >= 4 is 11.9 Å². The molecule has 0 saturated heterocycles. The first-order valence-corrected chi connectivity index (χ1v) is 8.27. The molecule has 0 aromatic heterocycles. The Bertz CT molecular complexity index is 721. The SMILES string of the molecule is CCCOc1ccc(/C=N\Nc2ccc(F)cc2F)c(OCCC)c1. The molecule has 0 radical (unpaired) electrons. The summed E-state index contributed by atoms with van der Waals surface area (Å²) in [6.07, 6.45) is 3.31. The highest BCUT2D eigenvalue weighted by molar-refractivity contribution is 5.84. The van der Waals surface area contributed by atoms with Gasteiger partial charge in [-0.3, -0.25) is 5.43 Å². The minimum absolute atomic E-state index is 0.0941. The van der Waals surface area contributed by atoms with E-state index in [1.807, 2.05) is 32.0 Å². The lowest BCUT2D eigenvalue weighted by atomic mass is 10.2. The predicted molar refractivity (Wildman–Crippen MR) is 95.6 cm³/mol. The van der Waals surface area contributed by atoms with Crippen molar-refractivity contribution in [3.05, 3.63) is 53.6 Å². The molecule has 1 N–H and O–H groups in total. The van der Waals surface area contributed by atoms with Gasteiger partial charge < -0.3 is 9.47 Å². The smallest absolute Gasteiger partial charge is 0.151 e. The normalized spacial score (nSPS) is 10.9. The molecule has 0 saturated carbocycles. The summed E-state index contributed by atoms with van der Waals surface area (Å²) in [5, 5.41) is 4.00. The molecule has 25 heavy (non-hydrogen) atoms. The second-order valence-electron chi connectivity index (χ2n) is 5.39. The Balaban J connectivity index is 2.12. The zero-order valence-corrected chi connectivity index (χ0v) is 14.4. The Kier molecular flexibility index (Phi) is 7.19. The first kappa shape index (κ1) is 18.7. The fraction of sp³-hybridized carbons (Fsp3) is 0.316. The highest BCUT2D eigenvalue weighted by atomic mass is 19.1. The predicted octanol–water partition coefficient (Wildman–Crippen LogP) is 4.99. The molecular formula is C19H22F2N2O2. The molecule has 0 heterocycles. The van der Waals surface area contributed by atoms with Crippen LogP contribution in [0.3, 0.4) is 0 Å². The summed E-state index contributed by atoms with van der Waals surface area (Å²) in [7, 11) is 0. The lowest BCUT2D eigenvalue weighted by Gasteiger charge is -2.11. The molecule has 0 amide bonds. The minimum atomic E-state index is -0.706. The minimum Gasteiger partial charge on any atom is -0.493 e. The number of ether oxygens (including phenoxy) is 2. The van der Waals surface area contributed by atoms with Crippen LogP contribution in [-0.2, 0) is 0 Å². The molecule has 6 heteroatoms. The number of hydrazone groups is 1. The van der Waals surface area contributed by atoms with Gasteiger partial charge in [-0.15, -0.1) is 0 Å². The van der Waals surface area contributed by atoms with Gasteiger partial charge in [0.05, 0.1) is 25.1 Å². The summed E-state index contributed by atoms with van der Waals surface area (Å²) in [5.74, 6) is 0.0242. The van der Waals surface area contributed by atoms with Crippen molar-refractivity contribution in [2.75, 3.05) is 18.6 Å². The first-order chi connectivity index (χ1) is 12.1. The first-order valence-electron chi connectivity index (χ1n) is 8.27. The Morgan fingerprint density at radius 1 is 1.00 bits per heavy atom. The van der Waals surface area contributed by atoms with E-state index in [1.54, 1.807) is 0 Å². The standard InChI is InChI=1S/C19H22F2N2O2/c1-3-9-24-16-7-5-14(19(12-16)25-10-4-2)13-22-23-18-8-6-15(20)11-17(18)21/h5-8,11-13,23H,3-4,9-10H2,1-2H3/b22-13-. The van der Waals surface area contributed by atoms with Crippen molar-refractivity contribution in [2.24, 2.45) is 5.10 Å². The molecule has 0 bridgehead atoms. The second kappa shape index (κ2) is 9.61. The molecule has 2 rings (SSSR count). The molecule has 2 aromatic carbocycles. The van der Waals surface area contributed by atoms with E-state index in [1.165, 1.54) is 12.3 Å². The average molecular weight is 348 g/mol. The molecule has 0 aliphatic rings. The van der Waals surface area contributed by atoms with Crippen molar-refractivity contribution in [3.63, 3.8) is 0 Å². The number of anilines is 1. The Morgan fingerprint density at radius 3 is 2.48 bits per heavy atom. The summed E-state index contributed by atoms with van der Waals surface area (Å²) in [6.45, 7) is 5.25. The molecule has 4 nitrogen and oxygen atoms in total. The fourth-order valence-corrected chi connectivity index (χ4v) is 2.02. The lowest BCUT2D eigenvalue weighted by molar-refractivity contribution is 0.301. The van der Waals surface area contributed by atoms with Gasteiger partial charge in [-0.25, -0.2) is 8.78 Å². The largest absolute Gasteiger partial charge is 0.493 e. The van der Waals surface area contributed by atoms with Gasteiger partial charge >= 0.3 is 0 Å². The maximum Gasteiger partial charge on any atom is 0.151 e. The van der Waals surface area contributed by atoms with Crippen molar-refractivity contribution in [2.45, 2.75) is 26.7 Å². The number of benzene rings is 2. The van der Waals surface area contributed by atoms with Gasteiger partial charge in [0.25, 0.3) is 0 Å². The second-order valence-corrected chi connectivity index (χ2v) is 5.39. The number of halogens is 2. The topological polar surface area (TPSA) is 42.8 Å².